The third-order valence-electron chi connectivity index (χ3n) is 3.16. The fraction of sp³-hybridized carbons (Fsp3) is 0.538. The fourth-order valence-electron chi connectivity index (χ4n) is 2.07. The second-order valence-electron chi connectivity index (χ2n) is 4.32. The zero-order chi connectivity index (χ0) is 11.9. The van der Waals surface area contributed by atoms with Gasteiger partial charge in [-0.1, -0.05) is 12.1 Å². The number of hydrogen-bond acceptors (Lipinski definition) is 2. The number of benzene rings is 1. The Morgan fingerprint density at radius 1 is 1.24 bits per heavy atom. The maximum absolute atomic E-state index is 5.83. The van der Waals surface area contributed by atoms with Gasteiger partial charge in [0.1, 0.15) is 38.5 Å². The van der Waals surface area contributed by atoms with Crippen molar-refractivity contribution in [1.82, 2.24) is 0 Å². The lowest BCUT2D eigenvalue weighted by molar-refractivity contribution is -0.908. The summed E-state index contributed by atoms with van der Waals surface area (Å²) in [5.74, 6) is 0.982. The van der Waals surface area contributed by atoms with E-state index in [-0.39, 0.29) is 0 Å². The molecule has 0 atom stereocenters. The van der Waals surface area contributed by atoms with Gasteiger partial charge in [0.05, 0.1) is 13.2 Å². The molecule has 17 heavy (non-hydrogen) atoms. The summed E-state index contributed by atoms with van der Waals surface area (Å²) in [6.45, 7) is 6.55. The Morgan fingerprint density at radius 3 is 2.76 bits per heavy atom. The SMILES string of the molecule is [NH3+]Cc1ccccc1OCC[NH+]1CCOCC1. The number of para-hydroxylation sites is 1. The van der Waals surface area contributed by atoms with Crippen LogP contribution in [0.25, 0.3) is 0 Å². The van der Waals surface area contributed by atoms with Gasteiger partial charge in [-0.3, -0.25) is 0 Å². The van der Waals surface area contributed by atoms with E-state index in [0.29, 0.717) is 0 Å². The summed E-state index contributed by atoms with van der Waals surface area (Å²) in [5, 5.41) is 0. The minimum absolute atomic E-state index is 0.770. The zero-order valence-electron chi connectivity index (χ0n) is 10.3. The molecule has 0 unspecified atom stereocenters. The molecule has 0 aromatic heterocycles. The molecule has 4 N–H and O–H groups in total. The first-order valence-electron chi connectivity index (χ1n) is 6.31. The predicted octanol–water partition coefficient (Wildman–Crippen LogP) is -1.28. The summed E-state index contributed by atoms with van der Waals surface area (Å²) in [4.78, 5) is 1.57. The Labute approximate surface area is 102 Å². The summed E-state index contributed by atoms with van der Waals surface area (Å²) in [7, 11) is 0. The third-order valence-corrected chi connectivity index (χ3v) is 3.16. The van der Waals surface area contributed by atoms with Crippen LogP contribution in [-0.4, -0.2) is 39.5 Å². The van der Waals surface area contributed by atoms with E-state index in [1.165, 1.54) is 5.56 Å². The molecule has 0 spiro atoms. The number of nitrogens with one attached hydrogen (secondary N) is 1. The largest absolute Gasteiger partial charge is 0.487 e. The van der Waals surface area contributed by atoms with Crippen LogP contribution in [0, 0.1) is 0 Å². The summed E-state index contributed by atoms with van der Waals surface area (Å²) < 4.78 is 11.2. The van der Waals surface area contributed by atoms with E-state index in [0.717, 1.165) is 51.7 Å². The van der Waals surface area contributed by atoms with Crippen LogP contribution in [0.4, 0.5) is 0 Å². The Morgan fingerprint density at radius 2 is 2.00 bits per heavy atom. The zero-order valence-corrected chi connectivity index (χ0v) is 10.3. The number of ether oxygens (including phenoxy) is 2. The van der Waals surface area contributed by atoms with Crippen LogP contribution in [0.5, 0.6) is 5.75 Å². The standard InChI is InChI=1S/C13H20N2O2/c14-11-12-3-1-2-4-13(12)17-10-7-15-5-8-16-9-6-15/h1-4H,5-11,14H2/p+2. The van der Waals surface area contributed by atoms with Gasteiger partial charge in [0.25, 0.3) is 0 Å². The highest BCUT2D eigenvalue weighted by Gasteiger charge is 2.13. The minimum Gasteiger partial charge on any atom is -0.487 e. The first-order valence-corrected chi connectivity index (χ1v) is 6.31. The summed E-state index contributed by atoms with van der Waals surface area (Å²) >= 11 is 0. The molecule has 0 amide bonds. The lowest BCUT2D eigenvalue weighted by Gasteiger charge is -2.23. The fourth-order valence-corrected chi connectivity index (χ4v) is 2.07. The second-order valence-corrected chi connectivity index (χ2v) is 4.32. The van der Waals surface area contributed by atoms with Crippen LogP contribution in [0.15, 0.2) is 24.3 Å². The third kappa shape index (κ3) is 3.70. The molecule has 0 aliphatic carbocycles. The highest BCUT2D eigenvalue weighted by Crippen LogP contribution is 2.15. The lowest BCUT2D eigenvalue weighted by atomic mass is 10.2. The molecule has 4 nitrogen and oxygen atoms in total. The normalized spacial score (nSPS) is 17.0. The van der Waals surface area contributed by atoms with Crippen molar-refractivity contribution in [1.29, 1.82) is 0 Å². The van der Waals surface area contributed by atoms with Crippen LogP contribution in [0.2, 0.25) is 0 Å². The summed E-state index contributed by atoms with van der Waals surface area (Å²) in [6, 6.07) is 8.13. The molecule has 1 saturated heterocycles. The van der Waals surface area contributed by atoms with Gasteiger partial charge in [-0.05, 0) is 12.1 Å². The number of quaternary nitrogens is 2. The molecule has 1 aliphatic heterocycles. The van der Waals surface area contributed by atoms with Gasteiger partial charge in [0.15, 0.2) is 0 Å². The van der Waals surface area contributed by atoms with E-state index in [4.69, 9.17) is 9.47 Å². The first-order chi connectivity index (χ1) is 8.40. The molecule has 2 rings (SSSR count). The Balaban J connectivity index is 1.77. The first kappa shape index (κ1) is 12.4. The van der Waals surface area contributed by atoms with E-state index < -0.39 is 0 Å². The Hall–Kier alpha value is -1.10. The number of rotatable bonds is 5. The summed E-state index contributed by atoms with van der Waals surface area (Å²) in [5.41, 5.74) is 5.10. The van der Waals surface area contributed by atoms with Crippen LogP contribution in [0.1, 0.15) is 5.56 Å². The van der Waals surface area contributed by atoms with Crippen molar-refractivity contribution in [2.75, 3.05) is 39.5 Å². The average molecular weight is 238 g/mol. The quantitative estimate of drug-likeness (QED) is 0.671. The minimum atomic E-state index is 0.770. The molecule has 1 heterocycles. The van der Waals surface area contributed by atoms with E-state index in [9.17, 15) is 0 Å². The highest BCUT2D eigenvalue weighted by atomic mass is 16.5. The molecule has 4 heteroatoms. The van der Waals surface area contributed by atoms with Crippen LogP contribution < -0.4 is 15.4 Å². The van der Waals surface area contributed by atoms with Crippen molar-refractivity contribution in [3.8, 4) is 5.75 Å². The topological polar surface area (TPSA) is 50.5 Å². The maximum Gasteiger partial charge on any atom is 0.137 e. The molecule has 94 valence electrons. The van der Waals surface area contributed by atoms with Gasteiger partial charge in [-0.25, -0.2) is 0 Å². The van der Waals surface area contributed by atoms with Crippen molar-refractivity contribution in [2.45, 2.75) is 6.54 Å². The van der Waals surface area contributed by atoms with E-state index in [2.05, 4.69) is 11.8 Å². The molecule has 0 bridgehead atoms. The van der Waals surface area contributed by atoms with Crippen LogP contribution in [0.3, 0.4) is 0 Å². The van der Waals surface area contributed by atoms with Crippen molar-refractivity contribution < 1.29 is 20.1 Å². The Kier molecular flexibility index (Phi) is 4.79. The van der Waals surface area contributed by atoms with E-state index >= 15 is 0 Å². The van der Waals surface area contributed by atoms with Crippen molar-refractivity contribution in [2.24, 2.45) is 0 Å². The van der Waals surface area contributed by atoms with Crippen LogP contribution >= 0.6 is 0 Å². The Bertz CT molecular complexity index is 338. The number of morpholine rings is 1. The van der Waals surface area contributed by atoms with Crippen molar-refractivity contribution in [3.05, 3.63) is 29.8 Å². The molecule has 0 saturated carbocycles. The predicted molar refractivity (Wildman–Crippen MR) is 64.9 cm³/mol. The van der Waals surface area contributed by atoms with E-state index in [1.54, 1.807) is 4.90 Å². The van der Waals surface area contributed by atoms with Crippen molar-refractivity contribution >= 4 is 0 Å². The average Bonchev–Trinajstić information content (AvgIpc) is 2.40. The van der Waals surface area contributed by atoms with E-state index in [1.807, 2.05) is 18.2 Å². The highest BCUT2D eigenvalue weighted by molar-refractivity contribution is 5.32. The van der Waals surface area contributed by atoms with Gasteiger partial charge in [0.2, 0.25) is 0 Å². The molecular formula is C13H22N2O2+2. The maximum atomic E-state index is 5.83. The van der Waals surface area contributed by atoms with Gasteiger partial charge in [-0.2, -0.15) is 0 Å². The van der Waals surface area contributed by atoms with Gasteiger partial charge in [0, 0.05) is 5.56 Å². The smallest absolute Gasteiger partial charge is 0.137 e. The van der Waals surface area contributed by atoms with Gasteiger partial charge in [-0.15, -0.1) is 0 Å². The summed E-state index contributed by atoms with van der Waals surface area (Å²) in [6.07, 6.45) is 0. The van der Waals surface area contributed by atoms with Gasteiger partial charge < -0.3 is 20.1 Å². The number of hydrogen-bond donors (Lipinski definition) is 2. The molecular weight excluding hydrogens is 216 g/mol. The second kappa shape index (κ2) is 6.59. The lowest BCUT2D eigenvalue weighted by Crippen LogP contribution is -3.14. The van der Waals surface area contributed by atoms with Crippen molar-refractivity contribution in [3.63, 3.8) is 0 Å². The van der Waals surface area contributed by atoms with Crippen LogP contribution in [-0.2, 0) is 11.3 Å². The molecule has 0 radical (unpaired) electrons. The van der Waals surface area contributed by atoms with Gasteiger partial charge >= 0.3 is 0 Å². The molecule has 1 aromatic carbocycles. The molecule has 1 fully saturated rings. The molecule has 1 aliphatic rings. The molecule has 1 aromatic rings. The monoisotopic (exact) mass is 238 g/mol.